The van der Waals surface area contributed by atoms with Gasteiger partial charge in [-0.05, 0) is 32.1 Å². The van der Waals surface area contributed by atoms with Gasteiger partial charge < -0.3 is 14.2 Å². The van der Waals surface area contributed by atoms with Crippen LogP contribution in [0.4, 0.5) is 0 Å². The van der Waals surface area contributed by atoms with Crippen molar-refractivity contribution in [1.29, 1.82) is 0 Å². The largest absolute Gasteiger partial charge is 0.451 e. The van der Waals surface area contributed by atoms with E-state index in [1.54, 1.807) is 0 Å². The molecular weight excluding hydrogens is 326 g/mol. The fourth-order valence-corrected chi connectivity index (χ4v) is 6.63. The molecule has 6 fully saturated rings. The van der Waals surface area contributed by atoms with Gasteiger partial charge in [-0.25, -0.2) is 14.8 Å². The van der Waals surface area contributed by atoms with Crippen molar-refractivity contribution in [2.24, 2.45) is 33.6 Å². The number of carbonyl (C=O) groups is 1. The monoisotopic (exact) mass is 351 g/mol. The summed E-state index contributed by atoms with van der Waals surface area (Å²) in [6, 6.07) is 0. The number of aliphatic imine (C=N–C) groups is 1. The highest BCUT2D eigenvalue weighted by molar-refractivity contribution is 5.81. The molecule has 0 aromatic carbocycles. The SMILES string of the molecule is C[C@@H]1CCC23C4OO[C@@]5(C)CCC41C2C(O/C(=N\COC=O)[C@@H]3C)O5. The van der Waals surface area contributed by atoms with Gasteiger partial charge in [-0.2, -0.15) is 0 Å². The number of ether oxygens (including phenoxy) is 3. The smallest absolute Gasteiger partial charge is 0.294 e. The summed E-state index contributed by atoms with van der Waals surface area (Å²) in [5, 5.41) is 0. The highest BCUT2D eigenvalue weighted by Crippen LogP contribution is 2.79. The van der Waals surface area contributed by atoms with Crippen LogP contribution in [0.15, 0.2) is 4.99 Å². The van der Waals surface area contributed by atoms with Crippen LogP contribution in [0.5, 0.6) is 0 Å². The Hall–Kier alpha value is -1.18. The number of nitrogens with zero attached hydrogens (tertiary/aromatic N) is 1. The Morgan fingerprint density at radius 1 is 1.28 bits per heavy atom. The van der Waals surface area contributed by atoms with Crippen LogP contribution >= 0.6 is 0 Å². The molecule has 0 amide bonds. The fraction of sp³-hybridized carbons (Fsp3) is 0.889. The molecular formula is C18H25NO6. The van der Waals surface area contributed by atoms with E-state index in [-0.39, 0.29) is 35.9 Å². The van der Waals surface area contributed by atoms with Gasteiger partial charge in [0.05, 0.1) is 0 Å². The lowest BCUT2D eigenvalue weighted by Crippen LogP contribution is -2.81. The molecule has 0 radical (unpaired) electrons. The predicted octanol–water partition coefficient (Wildman–Crippen LogP) is 2.40. The molecule has 3 heterocycles. The van der Waals surface area contributed by atoms with Crippen molar-refractivity contribution in [2.75, 3.05) is 6.73 Å². The van der Waals surface area contributed by atoms with Gasteiger partial charge in [0.1, 0.15) is 6.10 Å². The minimum Gasteiger partial charge on any atom is -0.451 e. The molecule has 0 aromatic heterocycles. The Morgan fingerprint density at radius 2 is 2.12 bits per heavy atom. The molecule has 3 saturated carbocycles. The van der Waals surface area contributed by atoms with E-state index < -0.39 is 5.79 Å². The Kier molecular flexibility index (Phi) is 3.18. The molecule has 3 bridgehead atoms. The second kappa shape index (κ2) is 4.96. The molecule has 0 aromatic rings. The lowest BCUT2D eigenvalue weighted by molar-refractivity contribution is -0.540. The second-order valence-corrected chi connectivity index (χ2v) is 8.55. The van der Waals surface area contributed by atoms with E-state index >= 15 is 0 Å². The third-order valence-electron chi connectivity index (χ3n) is 7.81. The van der Waals surface area contributed by atoms with Crippen LogP contribution in [0.2, 0.25) is 0 Å². The summed E-state index contributed by atoms with van der Waals surface area (Å²) < 4.78 is 17.3. The van der Waals surface area contributed by atoms with Crippen LogP contribution in [-0.4, -0.2) is 37.3 Å². The van der Waals surface area contributed by atoms with Crippen molar-refractivity contribution in [3.63, 3.8) is 0 Å². The lowest BCUT2D eigenvalue weighted by atomic mass is 9.31. The maximum atomic E-state index is 10.4. The van der Waals surface area contributed by atoms with E-state index in [9.17, 15) is 4.79 Å². The summed E-state index contributed by atoms with van der Waals surface area (Å²) in [5.41, 5.74) is -0.0304. The summed E-state index contributed by atoms with van der Waals surface area (Å²) in [5.74, 6) is 0.726. The maximum absolute atomic E-state index is 10.4. The Balaban J connectivity index is 1.60. The van der Waals surface area contributed by atoms with E-state index in [1.807, 2.05) is 6.92 Å². The van der Waals surface area contributed by atoms with Crippen molar-refractivity contribution in [1.82, 2.24) is 0 Å². The Morgan fingerprint density at radius 3 is 2.92 bits per heavy atom. The first kappa shape index (κ1) is 16.0. The van der Waals surface area contributed by atoms with Gasteiger partial charge in [0.15, 0.2) is 12.6 Å². The van der Waals surface area contributed by atoms with E-state index in [2.05, 4.69) is 18.8 Å². The highest BCUT2D eigenvalue weighted by atomic mass is 17.2. The summed E-state index contributed by atoms with van der Waals surface area (Å²) in [6.07, 6.45) is 3.70. The van der Waals surface area contributed by atoms with E-state index in [1.165, 1.54) is 6.42 Å². The van der Waals surface area contributed by atoms with Crippen LogP contribution in [0.25, 0.3) is 0 Å². The molecule has 3 aliphatic carbocycles. The van der Waals surface area contributed by atoms with Gasteiger partial charge in [0, 0.05) is 29.1 Å². The predicted molar refractivity (Wildman–Crippen MR) is 84.9 cm³/mol. The highest BCUT2D eigenvalue weighted by Gasteiger charge is 2.83. The Bertz CT molecular complexity index is 639. The normalized spacial score (nSPS) is 57.1. The fourth-order valence-electron chi connectivity index (χ4n) is 6.63. The van der Waals surface area contributed by atoms with Crippen molar-refractivity contribution in [3.8, 4) is 0 Å². The zero-order chi connectivity index (χ0) is 17.4. The molecule has 0 N–H and O–H groups in total. The number of hydrogen-bond donors (Lipinski definition) is 0. The number of fused-ring (bicyclic) bond motifs is 4. The first-order chi connectivity index (χ1) is 12.0. The van der Waals surface area contributed by atoms with Crippen molar-refractivity contribution in [2.45, 2.75) is 64.6 Å². The molecule has 3 aliphatic heterocycles. The molecule has 7 nitrogen and oxygen atoms in total. The molecule has 8 atom stereocenters. The Labute approximate surface area is 146 Å². The van der Waals surface area contributed by atoms with E-state index in [0.29, 0.717) is 24.2 Å². The van der Waals surface area contributed by atoms with Gasteiger partial charge in [-0.15, -0.1) is 0 Å². The minimum absolute atomic E-state index is 0.0303. The standard InChI is InChI=1S/C18H25NO6/c1-10-4-5-18-11(2)13(19-8-21-9-20)22-14-12(18)17(10)7-6-16(3,23-14)25-24-15(17)18/h9-12,14-15H,4-8H2,1-3H3/b19-13-/t10-,11+,12?,14?,15?,16+,17?,18?/m1/s1. The van der Waals surface area contributed by atoms with Gasteiger partial charge >= 0.3 is 0 Å². The summed E-state index contributed by atoms with van der Waals surface area (Å²) >= 11 is 0. The average Bonchev–Trinajstić information content (AvgIpc) is 2.77. The third kappa shape index (κ3) is 1.72. The van der Waals surface area contributed by atoms with Crippen LogP contribution in [0, 0.1) is 28.6 Å². The molecule has 3 saturated heterocycles. The van der Waals surface area contributed by atoms with Crippen LogP contribution in [0.3, 0.4) is 0 Å². The zero-order valence-corrected chi connectivity index (χ0v) is 14.9. The summed E-state index contributed by atoms with van der Waals surface area (Å²) in [7, 11) is 0. The maximum Gasteiger partial charge on any atom is 0.294 e. The third-order valence-corrected chi connectivity index (χ3v) is 7.81. The zero-order valence-electron chi connectivity index (χ0n) is 14.9. The minimum atomic E-state index is -0.791. The number of rotatable bonds is 3. The number of carbonyl (C=O) groups excluding carboxylic acids is 1. The average molecular weight is 351 g/mol. The molecule has 6 aliphatic rings. The summed E-state index contributed by atoms with van der Waals surface area (Å²) in [4.78, 5) is 26.7. The van der Waals surface area contributed by atoms with Gasteiger partial charge in [0.25, 0.3) is 6.47 Å². The molecule has 7 heteroatoms. The van der Waals surface area contributed by atoms with E-state index in [0.717, 1.165) is 19.3 Å². The number of hydrogen-bond acceptors (Lipinski definition) is 7. The van der Waals surface area contributed by atoms with E-state index in [4.69, 9.17) is 24.0 Å². The lowest BCUT2D eigenvalue weighted by Gasteiger charge is -2.76. The van der Waals surface area contributed by atoms with Crippen LogP contribution in [-0.2, 0) is 28.8 Å². The quantitative estimate of drug-likeness (QED) is 0.441. The van der Waals surface area contributed by atoms with Gasteiger partial charge in [0.2, 0.25) is 12.1 Å². The molecule has 5 unspecified atom stereocenters. The van der Waals surface area contributed by atoms with Gasteiger partial charge in [-0.3, -0.25) is 4.79 Å². The van der Waals surface area contributed by atoms with Crippen molar-refractivity contribution in [3.05, 3.63) is 0 Å². The molecule has 2 spiro atoms. The first-order valence-electron chi connectivity index (χ1n) is 9.26. The molecule has 25 heavy (non-hydrogen) atoms. The molecule has 138 valence electrons. The second-order valence-electron chi connectivity index (χ2n) is 8.55. The first-order valence-corrected chi connectivity index (χ1v) is 9.26. The van der Waals surface area contributed by atoms with Gasteiger partial charge in [-0.1, -0.05) is 13.8 Å². The van der Waals surface area contributed by atoms with Crippen LogP contribution in [0.1, 0.15) is 46.5 Å². The summed E-state index contributed by atoms with van der Waals surface area (Å²) in [6.45, 7) is 6.76. The molecule has 6 rings (SSSR count). The van der Waals surface area contributed by atoms with Crippen LogP contribution < -0.4 is 0 Å². The van der Waals surface area contributed by atoms with Crippen molar-refractivity contribution < 1.29 is 28.8 Å². The topological polar surface area (TPSA) is 75.6 Å². The van der Waals surface area contributed by atoms with Crippen molar-refractivity contribution >= 4 is 12.4 Å².